The molecule has 17 heavy (non-hydrogen) atoms. The Morgan fingerprint density at radius 1 is 1.29 bits per heavy atom. The van der Waals surface area contributed by atoms with Crippen LogP contribution in [0, 0.1) is 0 Å². The third kappa shape index (κ3) is 3.33. The van der Waals surface area contributed by atoms with E-state index in [1.165, 1.54) is 19.3 Å². The van der Waals surface area contributed by atoms with Gasteiger partial charge in [-0.15, -0.1) is 0 Å². The van der Waals surface area contributed by atoms with Crippen molar-refractivity contribution < 1.29 is 9.90 Å². The minimum atomic E-state index is 0.0701. The molecule has 0 spiro atoms. The first-order valence-electron chi connectivity index (χ1n) is 6.69. The fourth-order valence-corrected chi connectivity index (χ4v) is 2.80. The molecule has 0 aromatic rings. The molecule has 1 atom stereocenters. The van der Waals surface area contributed by atoms with Crippen molar-refractivity contribution in [1.82, 2.24) is 15.1 Å². The number of urea groups is 1. The first-order chi connectivity index (χ1) is 8.31. The van der Waals surface area contributed by atoms with Crippen molar-refractivity contribution in [3.8, 4) is 0 Å². The Morgan fingerprint density at radius 2 is 2.18 bits per heavy atom. The van der Waals surface area contributed by atoms with Crippen molar-refractivity contribution in [3.05, 3.63) is 0 Å². The number of likely N-dealkylation sites (tertiary alicyclic amines) is 1. The summed E-state index contributed by atoms with van der Waals surface area (Å²) >= 11 is 0. The topological polar surface area (TPSA) is 55.8 Å². The highest BCUT2D eigenvalue weighted by Crippen LogP contribution is 2.19. The number of amides is 2. The third-order valence-electron chi connectivity index (χ3n) is 3.81. The lowest BCUT2D eigenvalue weighted by molar-refractivity contribution is 0.110. The number of hydrogen-bond acceptors (Lipinski definition) is 3. The van der Waals surface area contributed by atoms with E-state index >= 15 is 0 Å². The maximum atomic E-state index is 11.4. The molecular weight excluding hydrogens is 218 g/mol. The highest BCUT2D eigenvalue weighted by atomic mass is 16.3. The van der Waals surface area contributed by atoms with Gasteiger partial charge in [0.25, 0.3) is 0 Å². The molecule has 0 aliphatic carbocycles. The zero-order valence-corrected chi connectivity index (χ0v) is 10.4. The summed E-state index contributed by atoms with van der Waals surface area (Å²) in [6, 6.07) is 0.583. The van der Waals surface area contributed by atoms with Gasteiger partial charge in [-0.05, 0) is 25.8 Å². The van der Waals surface area contributed by atoms with Crippen LogP contribution >= 0.6 is 0 Å². The number of carbonyl (C=O) groups excluding carboxylic acids is 1. The Bertz CT molecular complexity index is 258. The van der Waals surface area contributed by atoms with Crippen LogP contribution in [0.5, 0.6) is 0 Å². The molecular formula is C12H23N3O2. The van der Waals surface area contributed by atoms with Gasteiger partial charge in [0.05, 0.1) is 0 Å². The van der Waals surface area contributed by atoms with E-state index in [4.69, 9.17) is 5.11 Å². The molecule has 0 aromatic heterocycles. The number of aliphatic hydroxyl groups excluding tert-OH is 1. The maximum Gasteiger partial charge on any atom is 0.317 e. The van der Waals surface area contributed by atoms with Crippen LogP contribution in [0.25, 0.3) is 0 Å². The normalized spacial score (nSPS) is 26.3. The van der Waals surface area contributed by atoms with E-state index in [1.54, 1.807) is 0 Å². The average Bonchev–Trinajstić information content (AvgIpc) is 2.74. The molecule has 0 saturated carbocycles. The smallest absolute Gasteiger partial charge is 0.317 e. The van der Waals surface area contributed by atoms with Gasteiger partial charge in [0, 0.05) is 38.8 Å². The van der Waals surface area contributed by atoms with Gasteiger partial charge in [0.2, 0.25) is 0 Å². The summed E-state index contributed by atoms with van der Waals surface area (Å²) in [5, 5.41) is 11.9. The number of carbonyl (C=O) groups is 1. The molecule has 5 heteroatoms. The summed E-state index contributed by atoms with van der Waals surface area (Å²) in [6.07, 6.45) is 4.57. The number of nitrogens with zero attached hydrogens (tertiary/aromatic N) is 2. The fraction of sp³-hybridized carbons (Fsp3) is 0.917. The van der Waals surface area contributed by atoms with Crippen molar-refractivity contribution in [3.63, 3.8) is 0 Å². The van der Waals surface area contributed by atoms with Crippen LogP contribution in [0.4, 0.5) is 4.79 Å². The third-order valence-corrected chi connectivity index (χ3v) is 3.81. The van der Waals surface area contributed by atoms with Gasteiger partial charge in [-0.1, -0.05) is 6.42 Å². The van der Waals surface area contributed by atoms with E-state index in [-0.39, 0.29) is 12.6 Å². The van der Waals surface area contributed by atoms with Crippen molar-refractivity contribution in [2.24, 2.45) is 0 Å². The highest BCUT2D eigenvalue weighted by Gasteiger charge is 2.24. The molecule has 0 bridgehead atoms. The van der Waals surface area contributed by atoms with Crippen molar-refractivity contribution in [1.29, 1.82) is 0 Å². The zero-order chi connectivity index (χ0) is 12.1. The standard InChI is InChI=1S/C12H23N3O2/c16-10-4-11-3-1-2-6-14(11)8-9-15-7-5-13-12(15)17/h11,16H,1-10H2,(H,13,17). The number of hydrogen-bond donors (Lipinski definition) is 2. The van der Waals surface area contributed by atoms with Gasteiger partial charge in [-0.3, -0.25) is 4.90 Å². The molecule has 1 unspecified atom stereocenters. The minimum Gasteiger partial charge on any atom is -0.396 e. The largest absolute Gasteiger partial charge is 0.396 e. The van der Waals surface area contributed by atoms with Crippen LogP contribution in [0.2, 0.25) is 0 Å². The predicted molar refractivity (Wildman–Crippen MR) is 65.9 cm³/mol. The minimum absolute atomic E-state index is 0.0701. The summed E-state index contributed by atoms with van der Waals surface area (Å²) in [6.45, 7) is 4.74. The molecule has 2 saturated heterocycles. The number of nitrogens with one attached hydrogen (secondary N) is 1. The van der Waals surface area contributed by atoms with Crippen LogP contribution in [0.3, 0.4) is 0 Å². The lowest BCUT2D eigenvalue weighted by atomic mass is 10.00. The monoisotopic (exact) mass is 241 g/mol. The van der Waals surface area contributed by atoms with E-state index in [1.807, 2.05) is 4.90 Å². The van der Waals surface area contributed by atoms with E-state index in [0.29, 0.717) is 6.04 Å². The van der Waals surface area contributed by atoms with E-state index in [9.17, 15) is 4.79 Å². The summed E-state index contributed by atoms with van der Waals surface area (Å²) in [4.78, 5) is 15.7. The van der Waals surface area contributed by atoms with Crippen LogP contribution in [0.1, 0.15) is 25.7 Å². The molecule has 2 heterocycles. The second kappa shape index (κ2) is 6.21. The molecule has 98 valence electrons. The van der Waals surface area contributed by atoms with Gasteiger partial charge in [0.15, 0.2) is 0 Å². The van der Waals surface area contributed by atoms with Crippen molar-refractivity contribution in [2.75, 3.05) is 39.3 Å². The first kappa shape index (κ1) is 12.6. The summed E-state index contributed by atoms with van der Waals surface area (Å²) in [5.41, 5.74) is 0. The van der Waals surface area contributed by atoms with Crippen LogP contribution in [-0.2, 0) is 0 Å². The number of rotatable bonds is 5. The van der Waals surface area contributed by atoms with Gasteiger partial charge in [-0.25, -0.2) is 4.79 Å². The first-order valence-corrected chi connectivity index (χ1v) is 6.69. The molecule has 0 aromatic carbocycles. The van der Waals surface area contributed by atoms with Gasteiger partial charge >= 0.3 is 6.03 Å². The second-order valence-corrected chi connectivity index (χ2v) is 4.92. The molecule has 2 N–H and O–H groups in total. The van der Waals surface area contributed by atoms with Gasteiger partial charge in [-0.2, -0.15) is 0 Å². The molecule has 5 nitrogen and oxygen atoms in total. The van der Waals surface area contributed by atoms with Crippen molar-refractivity contribution in [2.45, 2.75) is 31.7 Å². The average molecular weight is 241 g/mol. The lowest BCUT2D eigenvalue weighted by Crippen LogP contribution is -2.44. The van der Waals surface area contributed by atoms with Gasteiger partial charge in [0.1, 0.15) is 0 Å². The van der Waals surface area contributed by atoms with Crippen LogP contribution in [0.15, 0.2) is 0 Å². The molecule has 2 rings (SSSR count). The summed E-state index contributed by atoms with van der Waals surface area (Å²) in [7, 11) is 0. The number of piperidine rings is 1. The lowest BCUT2D eigenvalue weighted by Gasteiger charge is -2.36. The Labute approximate surface area is 103 Å². The van der Waals surface area contributed by atoms with E-state index in [0.717, 1.165) is 39.1 Å². The van der Waals surface area contributed by atoms with E-state index in [2.05, 4.69) is 10.2 Å². The van der Waals surface area contributed by atoms with Crippen LogP contribution in [-0.4, -0.2) is 66.3 Å². The second-order valence-electron chi connectivity index (χ2n) is 4.92. The number of aliphatic hydroxyl groups is 1. The molecule has 0 radical (unpaired) electrons. The maximum absolute atomic E-state index is 11.4. The Hall–Kier alpha value is -0.810. The fourth-order valence-electron chi connectivity index (χ4n) is 2.80. The molecule has 2 amide bonds. The van der Waals surface area contributed by atoms with E-state index < -0.39 is 0 Å². The molecule has 2 aliphatic rings. The van der Waals surface area contributed by atoms with Crippen LogP contribution < -0.4 is 5.32 Å². The quantitative estimate of drug-likeness (QED) is 0.725. The highest BCUT2D eigenvalue weighted by molar-refractivity contribution is 5.76. The molecule has 2 aliphatic heterocycles. The Balaban J connectivity index is 1.77. The molecule has 2 fully saturated rings. The summed E-state index contributed by atoms with van der Waals surface area (Å²) in [5.74, 6) is 0. The Kier molecular flexibility index (Phi) is 4.62. The summed E-state index contributed by atoms with van der Waals surface area (Å²) < 4.78 is 0. The predicted octanol–water partition coefficient (Wildman–Crippen LogP) is 0.248. The SMILES string of the molecule is O=C1NCCN1CCN1CCCCC1CCO. The zero-order valence-electron chi connectivity index (χ0n) is 10.4. The Morgan fingerprint density at radius 3 is 2.88 bits per heavy atom. The van der Waals surface area contributed by atoms with Crippen molar-refractivity contribution >= 4 is 6.03 Å². The van der Waals surface area contributed by atoms with Gasteiger partial charge < -0.3 is 15.3 Å².